The summed E-state index contributed by atoms with van der Waals surface area (Å²) in [5.41, 5.74) is 0. The first-order valence-corrected chi connectivity index (χ1v) is 10.1. The first-order valence-electron chi connectivity index (χ1n) is 10.1. The molecule has 0 aliphatic heterocycles. The van der Waals surface area contributed by atoms with Crippen LogP contribution in [0.25, 0.3) is 0 Å². The zero-order valence-corrected chi connectivity index (χ0v) is 17.0. The molecule has 3 nitrogen and oxygen atoms in total. The van der Waals surface area contributed by atoms with Crippen LogP contribution in [0.2, 0.25) is 0 Å². The van der Waals surface area contributed by atoms with Crippen LogP contribution in [0.15, 0.2) is 72.6 Å². The van der Waals surface area contributed by atoms with Gasteiger partial charge in [-0.25, -0.2) is 4.79 Å². The summed E-state index contributed by atoms with van der Waals surface area (Å²) < 4.78 is 4.75. The number of ether oxygens (including phenoxy) is 1. The van der Waals surface area contributed by atoms with E-state index in [1.807, 2.05) is 18.2 Å². The zero-order valence-electron chi connectivity index (χ0n) is 17.0. The third-order valence-corrected chi connectivity index (χ3v) is 3.72. The average Bonchev–Trinajstić information content (AvgIpc) is 2.65. The predicted octanol–water partition coefficient (Wildman–Crippen LogP) is 6.91. The van der Waals surface area contributed by atoms with Crippen molar-refractivity contribution in [3.8, 4) is 0 Å². The van der Waals surface area contributed by atoms with Crippen molar-refractivity contribution in [3.63, 3.8) is 0 Å². The van der Waals surface area contributed by atoms with E-state index in [0.29, 0.717) is 6.61 Å². The lowest BCUT2D eigenvalue weighted by atomic mass is 10.1. The molecular weight excluding hydrogens is 336 g/mol. The molecule has 0 heterocycles. The van der Waals surface area contributed by atoms with E-state index >= 15 is 0 Å². The fraction of sp³-hybridized carbons (Fsp3) is 0.458. The molecule has 3 heteroatoms. The summed E-state index contributed by atoms with van der Waals surface area (Å²) >= 11 is 0. The monoisotopic (exact) mass is 372 g/mol. The van der Waals surface area contributed by atoms with Gasteiger partial charge in [0.15, 0.2) is 0 Å². The summed E-state index contributed by atoms with van der Waals surface area (Å²) in [5.74, 6) is -0.229. The molecule has 0 aromatic carbocycles. The summed E-state index contributed by atoms with van der Waals surface area (Å²) in [7, 11) is 0. The highest BCUT2D eigenvalue weighted by atomic mass is 16.5. The number of hydrogen-bond acceptors (Lipinski definition) is 3. The predicted molar refractivity (Wildman–Crippen MR) is 116 cm³/mol. The molecule has 0 rings (SSSR count). The number of allylic oxidation sites excluding steroid dienone is 10. The standard InChI is InChI=1S/C24H36O3/c1-3-5-6-7-8-9-10-11-12-13-14-15-17-20-23(25)21-18-16-19-22-24(26)27-4-2/h12-22,25H,3-11H2,1-2H3/b13-12+,15-14+,18-16+,20-17+,22-19+,23-21+. The van der Waals surface area contributed by atoms with E-state index in [1.165, 1.54) is 51.0 Å². The minimum atomic E-state index is -0.375. The Bertz CT molecular complexity index is 534. The van der Waals surface area contributed by atoms with E-state index in [4.69, 9.17) is 4.74 Å². The Balaban J connectivity index is 3.84. The van der Waals surface area contributed by atoms with Crippen LogP contribution in [-0.4, -0.2) is 17.7 Å². The zero-order chi connectivity index (χ0) is 20.0. The fourth-order valence-corrected chi connectivity index (χ4v) is 2.27. The van der Waals surface area contributed by atoms with Gasteiger partial charge in [0.25, 0.3) is 0 Å². The molecule has 0 fully saturated rings. The van der Waals surface area contributed by atoms with Crippen molar-refractivity contribution >= 4 is 5.97 Å². The molecule has 0 radical (unpaired) electrons. The van der Waals surface area contributed by atoms with Gasteiger partial charge in [-0.15, -0.1) is 0 Å². The topological polar surface area (TPSA) is 46.5 Å². The van der Waals surface area contributed by atoms with Gasteiger partial charge in [-0.05, 0) is 31.9 Å². The molecule has 0 aliphatic rings. The Morgan fingerprint density at radius 3 is 2.15 bits per heavy atom. The maximum atomic E-state index is 11.1. The quantitative estimate of drug-likeness (QED) is 0.112. The van der Waals surface area contributed by atoms with Gasteiger partial charge in [0.05, 0.1) is 6.61 Å². The van der Waals surface area contributed by atoms with Gasteiger partial charge in [0, 0.05) is 6.08 Å². The Labute approximate surface area is 165 Å². The largest absolute Gasteiger partial charge is 0.508 e. The molecule has 0 saturated carbocycles. The van der Waals surface area contributed by atoms with Crippen molar-refractivity contribution in [2.75, 3.05) is 6.61 Å². The highest BCUT2D eigenvalue weighted by molar-refractivity contribution is 5.82. The molecule has 0 aromatic rings. The summed E-state index contributed by atoms with van der Waals surface area (Å²) in [4.78, 5) is 11.1. The third kappa shape index (κ3) is 19.9. The lowest BCUT2D eigenvalue weighted by molar-refractivity contribution is -0.137. The second kappa shape index (κ2) is 20.0. The van der Waals surface area contributed by atoms with Crippen LogP contribution in [0, 0.1) is 0 Å². The number of hydrogen-bond donors (Lipinski definition) is 1. The maximum Gasteiger partial charge on any atom is 0.330 e. The molecule has 150 valence electrons. The van der Waals surface area contributed by atoms with E-state index in [9.17, 15) is 9.90 Å². The van der Waals surface area contributed by atoms with Crippen LogP contribution in [0.5, 0.6) is 0 Å². The van der Waals surface area contributed by atoms with Crippen molar-refractivity contribution in [1.82, 2.24) is 0 Å². The normalized spacial score (nSPS) is 13.2. The van der Waals surface area contributed by atoms with Gasteiger partial charge in [0.1, 0.15) is 5.76 Å². The van der Waals surface area contributed by atoms with Gasteiger partial charge in [-0.1, -0.05) is 94.1 Å². The Morgan fingerprint density at radius 2 is 1.41 bits per heavy atom. The summed E-state index contributed by atoms with van der Waals surface area (Å²) in [6.45, 7) is 4.37. The maximum absolute atomic E-state index is 11.1. The van der Waals surface area contributed by atoms with Crippen LogP contribution in [0.4, 0.5) is 0 Å². The van der Waals surface area contributed by atoms with Gasteiger partial charge >= 0.3 is 5.97 Å². The Morgan fingerprint density at radius 1 is 0.778 bits per heavy atom. The van der Waals surface area contributed by atoms with Crippen LogP contribution in [0.3, 0.4) is 0 Å². The van der Waals surface area contributed by atoms with Crippen LogP contribution in [-0.2, 0) is 9.53 Å². The second-order valence-corrected chi connectivity index (χ2v) is 6.17. The van der Waals surface area contributed by atoms with E-state index < -0.39 is 0 Å². The van der Waals surface area contributed by atoms with Crippen molar-refractivity contribution in [3.05, 3.63) is 72.6 Å². The number of esters is 1. The molecule has 0 spiro atoms. The summed E-state index contributed by atoms with van der Waals surface area (Å²) in [5, 5.41) is 9.67. The number of carbonyl (C=O) groups is 1. The SMILES string of the molecule is CCCCCCCCC/C=C/C=C/C=C/C(O)=C\C=C\C=C\C(=O)OCC. The van der Waals surface area contributed by atoms with Crippen molar-refractivity contribution in [1.29, 1.82) is 0 Å². The van der Waals surface area contributed by atoms with Crippen molar-refractivity contribution in [2.24, 2.45) is 0 Å². The highest BCUT2D eigenvalue weighted by Gasteiger charge is 1.90. The Kier molecular flexibility index (Phi) is 18.3. The van der Waals surface area contributed by atoms with E-state index in [0.717, 1.165) is 6.42 Å². The lowest BCUT2D eigenvalue weighted by Crippen LogP contribution is -1.98. The van der Waals surface area contributed by atoms with E-state index in [-0.39, 0.29) is 11.7 Å². The molecule has 0 unspecified atom stereocenters. The number of unbranched alkanes of at least 4 members (excludes halogenated alkanes) is 7. The van der Waals surface area contributed by atoms with E-state index in [2.05, 4.69) is 13.0 Å². The van der Waals surface area contributed by atoms with Gasteiger partial charge < -0.3 is 9.84 Å². The average molecular weight is 373 g/mol. The number of carbonyl (C=O) groups excluding carboxylic acids is 1. The molecule has 0 saturated heterocycles. The van der Waals surface area contributed by atoms with Crippen LogP contribution >= 0.6 is 0 Å². The Hall–Kier alpha value is -2.29. The number of rotatable bonds is 15. The second-order valence-electron chi connectivity index (χ2n) is 6.17. The molecule has 0 aliphatic carbocycles. The van der Waals surface area contributed by atoms with Crippen molar-refractivity contribution < 1.29 is 14.6 Å². The smallest absolute Gasteiger partial charge is 0.330 e. The first kappa shape index (κ1) is 24.7. The lowest BCUT2D eigenvalue weighted by Gasteiger charge is -1.98. The highest BCUT2D eigenvalue weighted by Crippen LogP contribution is 2.08. The molecule has 0 aromatic heterocycles. The minimum absolute atomic E-state index is 0.146. The van der Waals surface area contributed by atoms with Gasteiger partial charge in [-0.2, -0.15) is 0 Å². The number of aliphatic hydroxyl groups excluding tert-OH is 1. The fourth-order valence-electron chi connectivity index (χ4n) is 2.27. The molecule has 27 heavy (non-hydrogen) atoms. The number of aliphatic hydroxyl groups is 1. The van der Waals surface area contributed by atoms with E-state index in [1.54, 1.807) is 43.4 Å². The van der Waals surface area contributed by atoms with Gasteiger partial charge in [-0.3, -0.25) is 0 Å². The summed E-state index contributed by atoms with van der Waals surface area (Å²) in [6.07, 6.45) is 29.7. The van der Waals surface area contributed by atoms with Crippen LogP contribution < -0.4 is 0 Å². The molecule has 0 atom stereocenters. The summed E-state index contributed by atoms with van der Waals surface area (Å²) in [6, 6.07) is 0. The van der Waals surface area contributed by atoms with Crippen LogP contribution in [0.1, 0.15) is 65.2 Å². The molecule has 0 amide bonds. The third-order valence-electron chi connectivity index (χ3n) is 3.72. The molecule has 1 N–H and O–H groups in total. The van der Waals surface area contributed by atoms with Gasteiger partial charge in [0.2, 0.25) is 0 Å². The van der Waals surface area contributed by atoms with Crippen molar-refractivity contribution in [2.45, 2.75) is 65.2 Å². The molecular formula is C24H36O3. The molecule has 0 bridgehead atoms. The minimum Gasteiger partial charge on any atom is -0.508 e. The first-order chi connectivity index (χ1) is 13.2.